The fourth-order valence-electron chi connectivity index (χ4n) is 1.35. The van der Waals surface area contributed by atoms with Crippen molar-refractivity contribution in [3.8, 4) is 0 Å². The third-order valence-electron chi connectivity index (χ3n) is 3.14. The minimum absolute atomic E-state index is 0.535. The predicted octanol–water partition coefficient (Wildman–Crippen LogP) is 2.21. The molecule has 0 aromatic heterocycles. The molecule has 0 amide bonds. The van der Waals surface area contributed by atoms with Crippen molar-refractivity contribution in [3.63, 3.8) is 0 Å². The van der Waals surface area contributed by atoms with Gasteiger partial charge in [-0.1, -0.05) is 45.8 Å². The highest BCUT2D eigenvalue weighted by Crippen LogP contribution is 2.52. The van der Waals surface area contributed by atoms with Crippen molar-refractivity contribution >= 4 is 7.28 Å². The van der Waals surface area contributed by atoms with Gasteiger partial charge < -0.3 is 0 Å². The minimum atomic E-state index is 0.535. The summed E-state index contributed by atoms with van der Waals surface area (Å²) in [5, 5.41) is 0.535. The molecule has 1 aliphatic heterocycles. The van der Waals surface area contributed by atoms with Crippen LogP contribution in [0.25, 0.3) is 0 Å². The highest BCUT2D eigenvalue weighted by atomic mass is 14.4. The lowest BCUT2D eigenvalue weighted by Crippen LogP contribution is -2.22. The highest BCUT2D eigenvalue weighted by Gasteiger charge is 2.41. The van der Waals surface area contributed by atoms with Crippen molar-refractivity contribution in [2.24, 2.45) is 5.41 Å². The zero-order valence-corrected chi connectivity index (χ0v) is 6.99. The largest absolute Gasteiger partial charge is 0.130 e. The third kappa shape index (κ3) is 1.02. The van der Waals surface area contributed by atoms with Gasteiger partial charge in [0.15, 0.2) is 0 Å². The first-order valence-electron chi connectivity index (χ1n) is 3.77. The van der Waals surface area contributed by atoms with Crippen LogP contribution in [0.3, 0.4) is 0 Å². The maximum Gasteiger partial charge on any atom is 0.130 e. The summed E-state index contributed by atoms with van der Waals surface area (Å²) in [4.78, 5) is 0. The second-order valence-electron chi connectivity index (χ2n) is 4.46. The Morgan fingerprint density at radius 2 is 1.78 bits per heavy atom. The maximum atomic E-state index is 2.42. The topological polar surface area (TPSA) is 0 Å². The van der Waals surface area contributed by atoms with Crippen molar-refractivity contribution in [1.29, 1.82) is 0 Å². The first kappa shape index (κ1) is 7.18. The normalized spacial score (nSPS) is 29.8. The van der Waals surface area contributed by atoms with Crippen LogP contribution >= 0.6 is 0 Å². The van der Waals surface area contributed by atoms with Gasteiger partial charge in [0.25, 0.3) is 0 Å². The summed E-state index contributed by atoms with van der Waals surface area (Å²) in [6.07, 6.45) is 3.71. The van der Waals surface area contributed by atoms with E-state index < -0.39 is 0 Å². The maximum absolute atomic E-state index is 2.42. The van der Waals surface area contributed by atoms with Crippen molar-refractivity contribution in [3.05, 3.63) is 6.32 Å². The lowest BCUT2D eigenvalue weighted by molar-refractivity contribution is 0.285. The Kier molecular flexibility index (Phi) is 1.41. The molecule has 1 fully saturated rings. The van der Waals surface area contributed by atoms with Crippen LogP contribution in [0, 0.1) is 11.7 Å². The molecule has 1 rings (SSSR count). The molecule has 0 N–H and O–H groups in total. The summed E-state index contributed by atoms with van der Waals surface area (Å²) in [5.74, 6) is 0. The quantitative estimate of drug-likeness (QED) is 0.433. The summed E-state index contributed by atoms with van der Waals surface area (Å²) in [5.41, 5.74) is 0.535. The Morgan fingerprint density at radius 3 is 1.89 bits per heavy atom. The molecule has 1 radical (unpaired) electrons. The van der Waals surface area contributed by atoms with Crippen LogP contribution in [0.15, 0.2) is 0 Å². The molecule has 0 bridgehead atoms. The number of hydrogen-bond acceptors (Lipinski definition) is 0. The zero-order valence-electron chi connectivity index (χ0n) is 6.99. The van der Waals surface area contributed by atoms with Gasteiger partial charge in [0.2, 0.25) is 0 Å². The molecule has 9 heavy (non-hydrogen) atoms. The molecule has 1 saturated heterocycles. The van der Waals surface area contributed by atoms with Gasteiger partial charge in [-0.15, -0.1) is 0 Å². The highest BCUT2D eigenvalue weighted by molar-refractivity contribution is 6.45. The van der Waals surface area contributed by atoms with Crippen LogP contribution < -0.4 is 0 Å². The predicted molar refractivity (Wildman–Crippen MR) is 43.9 cm³/mol. The summed E-state index contributed by atoms with van der Waals surface area (Å²) in [6.45, 7) is 9.43. The van der Waals surface area contributed by atoms with Crippen LogP contribution in [0.1, 0.15) is 34.1 Å². The van der Waals surface area contributed by atoms with Crippen molar-refractivity contribution in [2.45, 2.75) is 39.4 Å². The monoisotopic (exact) mass is 123 g/mol. The molecule has 0 unspecified atom stereocenters. The number of hydrogen-bond donors (Lipinski definition) is 0. The van der Waals surface area contributed by atoms with E-state index in [1.165, 1.54) is 13.7 Å². The van der Waals surface area contributed by atoms with E-state index in [0.29, 0.717) is 10.7 Å². The molecule has 0 saturated carbocycles. The van der Waals surface area contributed by atoms with Crippen molar-refractivity contribution in [2.75, 3.05) is 0 Å². The van der Waals surface area contributed by atoms with E-state index in [9.17, 15) is 0 Å². The van der Waals surface area contributed by atoms with Gasteiger partial charge in [-0.05, 0) is 5.41 Å². The van der Waals surface area contributed by atoms with Crippen LogP contribution in [0.2, 0.25) is 5.31 Å². The van der Waals surface area contributed by atoms with E-state index in [-0.39, 0.29) is 0 Å². The third-order valence-corrected chi connectivity index (χ3v) is 3.14. The first-order valence-corrected chi connectivity index (χ1v) is 3.77. The number of rotatable bonds is 0. The van der Waals surface area contributed by atoms with Crippen LogP contribution in [-0.2, 0) is 0 Å². The molecule has 0 aromatic rings. The average Bonchev–Trinajstić information content (AvgIpc) is 1.81. The van der Waals surface area contributed by atoms with Gasteiger partial charge in [-0.3, -0.25) is 0 Å². The molecular formula is C8H16B. The Balaban J connectivity index is 2.75. The van der Waals surface area contributed by atoms with Gasteiger partial charge in [0.1, 0.15) is 7.28 Å². The van der Waals surface area contributed by atoms with E-state index in [2.05, 4.69) is 34.0 Å². The van der Waals surface area contributed by atoms with Crippen LogP contribution in [-0.4, -0.2) is 7.28 Å². The molecular weight excluding hydrogens is 107 g/mol. The Morgan fingerprint density at radius 1 is 1.22 bits per heavy atom. The van der Waals surface area contributed by atoms with E-state index in [4.69, 9.17) is 0 Å². The average molecular weight is 123 g/mol. The standard InChI is InChI=1S/C8H16B/c1-7(2)5-6-9-8(7,3)4/h6,9H,5H2,1-4H3. The van der Waals surface area contributed by atoms with Gasteiger partial charge in [0, 0.05) is 0 Å². The van der Waals surface area contributed by atoms with E-state index in [1.54, 1.807) is 0 Å². The van der Waals surface area contributed by atoms with Gasteiger partial charge in [-0.2, -0.15) is 0 Å². The lowest BCUT2D eigenvalue weighted by Gasteiger charge is -2.34. The van der Waals surface area contributed by atoms with Gasteiger partial charge >= 0.3 is 0 Å². The molecule has 1 heterocycles. The molecule has 0 atom stereocenters. The van der Waals surface area contributed by atoms with Gasteiger partial charge in [0.05, 0.1) is 0 Å². The van der Waals surface area contributed by atoms with E-state index in [0.717, 1.165) is 0 Å². The van der Waals surface area contributed by atoms with Gasteiger partial charge in [-0.25, -0.2) is 0 Å². The van der Waals surface area contributed by atoms with E-state index in [1.807, 2.05) is 0 Å². The summed E-state index contributed by atoms with van der Waals surface area (Å²) in [7, 11) is 1.29. The Labute approximate surface area is 59.3 Å². The molecule has 1 heteroatoms. The van der Waals surface area contributed by atoms with Crippen LogP contribution in [0.4, 0.5) is 0 Å². The van der Waals surface area contributed by atoms with Crippen molar-refractivity contribution < 1.29 is 0 Å². The molecule has 51 valence electrons. The second-order valence-corrected chi connectivity index (χ2v) is 4.46. The fourth-order valence-corrected chi connectivity index (χ4v) is 1.35. The summed E-state index contributed by atoms with van der Waals surface area (Å²) in [6, 6.07) is 0. The van der Waals surface area contributed by atoms with E-state index >= 15 is 0 Å². The smallest absolute Gasteiger partial charge is 0.0684 e. The fraction of sp³-hybridized carbons (Fsp3) is 0.875. The lowest BCUT2D eigenvalue weighted by atomic mass is 9.51. The SMILES string of the molecule is CC1(C)B[CH]CC1(C)C. The Bertz CT molecular complexity index is 99.7. The van der Waals surface area contributed by atoms with Crippen LogP contribution in [0.5, 0.6) is 0 Å². The Hall–Kier alpha value is 0.0649. The minimum Gasteiger partial charge on any atom is -0.0684 e. The molecule has 0 nitrogen and oxygen atoms in total. The zero-order chi connectivity index (χ0) is 7.12. The summed E-state index contributed by atoms with van der Waals surface area (Å²) >= 11 is 0. The summed E-state index contributed by atoms with van der Waals surface area (Å²) < 4.78 is 0. The van der Waals surface area contributed by atoms with Crippen molar-refractivity contribution in [1.82, 2.24) is 0 Å². The molecule has 1 aliphatic rings. The molecule has 0 aliphatic carbocycles. The first-order chi connectivity index (χ1) is 3.96. The molecule has 0 aromatic carbocycles. The second kappa shape index (κ2) is 1.77. The molecule has 0 spiro atoms.